The molecule has 1 aromatic rings. The van der Waals surface area contributed by atoms with Crippen LogP contribution in [0.15, 0.2) is 18.2 Å². The first-order valence-corrected chi connectivity index (χ1v) is 5.62. The Morgan fingerprint density at radius 3 is 2.80 bits per heavy atom. The van der Waals surface area contributed by atoms with E-state index in [9.17, 15) is 0 Å². The van der Waals surface area contributed by atoms with E-state index >= 15 is 0 Å². The van der Waals surface area contributed by atoms with E-state index in [2.05, 4.69) is 31.3 Å². The summed E-state index contributed by atoms with van der Waals surface area (Å²) < 4.78 is 5.32. The van der Waals surface area contributed by atoms with Crippen LogP contribution in [0.25, 0.3) is 0 Å². The summed E-state index contributed by atoms with van der Waals surface area (Å²) in [5, 5.41) is 3.42. The highest BCUT2D eigenvalue weighted by Crippen LogP contribution is 2.19. The zero-order chi connectivity index (χ0) is 11.1. The summed E-state index contributed by atoms with van der Waals surface area (Å²) in [6.07, 6.45) is 2.46. The SMILES string of the molecule is CCCCNCc1cc(C)ccc1OC. The standard InChI is InChI=1S/C13H21NO/c1-4-5-8-14-10-12-9-11(2)6-7-13(12)15-3/h6-7,9,14H,4-5,8,10H2,1-3H3. The van der Waals surface area contributed by atoms with Gasteiger partial charge >= 0.3 is 0 Å². The molecule has 0 aliphatic rings. The van der Waals surface area contributed by atoms with Crippen LogP contribution in [0.1, 0.15) is 30.9 Å². The highest BCUT2D eigenvalue weighted by molar-refractivity contribution is 5.36. The molecule has 1 rings (SSSR count). The lowest BCUT2D eigenvalue weighted by Gasteiger charge is -2.10. The van der Waals surface area contributed by atoms with Gasteiger partial charge in [-0.15, -0.1) is 0 Å². The number of ether oxygens (including phenoxy) is 1. The highest BCUT2D eigenvalue weighted by Gasteiger charge is 2.01. The fourth-order valence-corrected chi connectivity index (χ4v) is 1.57. The number of nitrogens with one attached hydrogen (secondary N) is 1. The summed E-state index contributed by atoms with van der Waals surface area (Å²) in [5.74, 6) is 0.976. The summed E-state index contributed by atoms with van der Waals surface area (Å²) in [4.78, 5) is 0. The van der Waals surface area contributed by atoms with Crippen LogP contribution in [-0.4, -0.2) is 13.7 Å². The average Bonchev–Trinajstić information content (AvgIpc) is 2.25. The topological polar surface area (TPSA) is 21.3 Å². The summed E-state index contributed by atoms with van der Waals surface area (Å²) in [5.41, 5.74) is 2.52. The Balaban J connectivity index is 2.54. The Morgan fingerprint density at radius 1 is 1.33 bits per heavy atom. The molecule has 0 aliphatic heterocycles. The number of benzene rings is 1. The van der Waals surface area contributed by atoms with Gasteiger partial charge < -0.3 is 10.1 Å². The number of rotatable bonds is 6. The molecule has 0 unspecified atom stereocenters. The number of aryl methyl sites for hydroxylation is 1. The van der Waals surface area contributed by atoms with Crippen molar-refractivity contribution in [3.63, 3.8) is 0 Å². The zero-order valence-electron chi connectivity index (χ0n) is 9.97. The molecule has 1 aromatic carbocycles. The minimum atomic E-state index is 0.894. The predicted octanol–water partition coefficient (Wildman–Crippen LogP) is 2.89. The monoisotopic (exact) mass is 207 g/mol. The molecule has 0 radical (unpaired) electrons. The summed E-state index contributed by atoms with van der Waals surface area (Å²) in [7, 11) is 1.72. The van der Waals surface area contributed by atoms with Crippen molar-refractivity contribution in [2.45, 2.75) is 33.2 Å². The Bertz CT molecular complexity index is 297. The Morgan fingerprint density at radius 2 is 2.13 bits per heavy atom. The van der Waals surface area contributed by atoms with Gasteiger partial charge in [-0.25, -0.2) is 0 Å². The maximum atomic E-state index is 5.32. The lowest BCUT2D eigenvalue weighted by molar-refractivity contribution is 0.407. The molecule has 0 bridgehead atoms. The molecule has 0 atom stereocenters. The average molecular weight is 207 g/mol. The molecule has 0 saturated carbocycles. The van der Waals surface area contributed by atoms with Crippen LogP contribution in [-0.2, 0) is 6.54 Å². The van der Waals surface area contributed by atoms with Gasteiger partial charge in [-0.1, -0.05) is 31.0 Å². The fourth-order valence-electron chi connectivity index (χ4n) is 1.57. The highest BCUT2D eigenvalue weighted by atomic mass is 16.5. The smallest absolute Gasteiger partial charge is 0.123 e. The van der Waals surface area contributed by atoms with Crippen molar-refractivity contribution in [1.29, 1.82) is 0 Å². The first kappa shape index (κ1) is 12.1. The molecule has 84 valence electrons. The third-order valence-corrected chi connectivity index (χ3v) is 2.46. The van der Waals surface area contributed by atoms with Crippen molar-refractivity contribution in [3.8, 4) is 5.75 Å². The number of methoxy groups -OCH3 is 1. The fraction of sp³-hybridized carbons (Fsp3) is 0.538. The van der Waals surface area contributed by atoms with E-state index in [1.54, 1.807) is 7.11 Å². The first-order chi connectivity index (χ1) is 7.27. The van der Waals surface area contributed by atoms with Crippen LogP contribution in [0.2, 0.25) is 0 Å². The van der Waals surface area contributed by atoms with Gasteiger partial charge in [0.2, 0.25) is 0 Å². The first-order valence-electron chi connectivity index (χ1n) is 5.62. The van der Waals surface area contributed by atoms with Gasteiger partial charge in [-0.2, -0.15) is 0 Å². The van der Waals surface area contributed by atoms with E-state index in [-0.39, 0.29) is 0 Å². The van der Waals surface area contributed by atoms with Gasteiger partial charge in [0.15, 0.2) is 0 Å². The minimum absolute atomic E-state index is 0.894. The maximum Gasteiger partial charge on any atom is 0.123 e. The van der Waals surface area contributed by atoms with Crippen molar-refractivity contribution in [1.82, 2.24) is 5.32 Å². The quantitative estimate of drug-likeness (QED) is 0.724. The molecule has 0 amide bonds. The summed E-state index contributed by atoms with van der Waals surface area (Å²) >= 11 is 0. The third-order valence-electron chi connectivity index (χ3n) is 2.46. The Labute approximate surface area is 92.6 Å². The second kappa shape index (κ2) is 6.46. The second-order valence-electron chi connectivity index (χ2n) is 3.85. The third kappa shape index (κ3) is 3.92. The van der Waals surface area contributed by atoms with Crippen LogP contribution in [0.4, 0.5) is 0 Å². The van der Waals surface area contributed by atoms with E-state index < -0.39 is 0 Å². The molecule has 0 saturated heterocycles. The summed E-state index contributed by atoms with van der Waals surface area (Å²) in [6, 6.07) is 6.29. The van der Waals surface area contributed by atoms with Gasteiger partial charge in [0.1, 0.15) is 5.75 Å². The molecule has 2 nitrogen and oxygen atoms in total. The molecular formula is C13H21NO. The molecular weight excluding hydrogens is 186 g/mol. The lowest BCUT2D eigenvalue weighted by atomic mass is 10.1. The van der Waals surface area contributed by atoms with Crippen molar-refractivity contribution in [2.75, 3.05) is 13.7 Å². The van der Waals surface area contributed by atoms with Crippen LogP contribution >= 0.6 is 0 Å². The van der Waals surface area contributed by atoms with E-state index in [1.165, 1.54) is 24.0 Å². The molecule has 0 fully saturated rings. The number of hydrogen-bond donors (Lipinski definition) is 1. The maximum absolute atomic E-state index is 5.32. The van der Waals surface area contributed by atoms with E-state index in [4.69, 9.17) is 4.74 Å². The van der Waals surface area contributed by atoms with E-state index in [0.717, 1.165) is 18.8 Å². The van der Waals surface area contributed by atoms with Crippen LogP contribution in [0.5, 0.6) is 5.75 Å². The van der Waals surface area contributed by atoms with Gasteiger partial charge in [-0.05, 0) is 26.0 Å². The normalized spacial score (nSPS) is 10.3. The molecule has 0 aliphatic carbocycles. The van der Waals surface area contributed by atoms with Gasteiger partial charge in [-0.3, -0.25) is 0 Å². The van der Waals surface area contributed by atoms with E-state index in [1.807, 2.05) is 6.07 Å². The van der Waals surface area contributed by atoms with Gasteiger partial charge in [0, 0.05) is 12.1 Å². The lowest BCUT2D eigenvalue weighted by Crippen LogP contribution is -2.15. The molecule has 1 N–H and O–H groups in total. The number of hydrogen-bond acceptors (Lipinski definition) is 2. The second-order valence-corrected chi connectivity index (χ2v) is 3.85. The largest absolute Gasteiger partial charge is 0.496 e. The number of unbranched alkanes of at least 4 members (excludes halogenated alkanes) is 1. The van der Waals surface area contributed by atoms with Crippen molar-refractivity contribution in [2.24, 2.45) is 0 Å². The molecule has 0 spiro atoms. The summed E-state index contributed by atoms with van der Waals surface area (Å²) in [6.45, 7) is 6.28. The van der Waals surface area contributed by atoms with Crippen LogP contribution < -0.4 is 10.1 Å². The molecule has 15 heavy (non-hydrogen) atoms. The molecule has 0 aromatic heterocycles. The van der Waals surface area contributed by atoms with Crippen LogP contribution in [0, 0.1) is 6.92 Å². The van der Waals surface area contributed by atoms with Gasteiger partial charge in [0.05, 0.1) is 7.11 Å². The Hall–Kier alpha value is -1.02. The Kier molecular flexibility index (Phi) is 5.19. The van der Waals surface area contributed by atoms with Crippen LogP contribution in [0.3, 0.4) is 0 Å². The van der Waals surface area contributed by atoms with Crippen molar-refractivity contribution in [3.05, 3.63) is 29.3 Å². The molecule has 2 heteroatoms. The van der Waals surface area contributed by atoms with Crippen molar-refractivity contribution < 1.29 is 4.74 Å². The van der Waals surface area contributed by atoms with E-state index in [0.29, 0.717) is 0 Å². The van der Waals surface area contributed by atoms with Crippen molar-refractivity contribution >= 4 is 0 Å². The molecule has 0 heterocycles. The predicted molar refractivity (Wildman–Crippen MR) is 64.3 cm³/mol. The zero-order valence-corrected chi connectivity index (χ0v) is 9.97. The minimum Gasteiger partial charge on any atom is -0.496 e. The van der Waals surface area contributed by atoms with Gasteiger partial charge in [0.25, 0.3) is 0 Å².